The zero-order chi connectivity index (χ0) is 21.4. The van der Waals surface area contributed by atoms with E-state index in [1.165, 1.54) is 19.1 Å². The lowest BCUT2D eigenvalue weighted by molar-refractivity contribution is -0.195. The van der Waals surface area contributed by atoms with Crippen LogP contribution in [0, 0.1) is 0 Å². The number of benzene rings is 1. The Kier molecular flexibility index (Phi) is 8.37. The first kappa shape index (κ1) is 22.6. The Hall–Kier alpha value is -2.69. The molecule has 0 radical (unpaired) electrons. The molecule has 10 heteroatoms. The molecule has 3 atom stereocenters. The number of esters is 1. The van der Waals surface area contributed by atoms with Gasteiger partial charge in [-0.25, -0.2) is 4.79 Å². The smallest absolute Gasteiger partial charge is 0.333 e. The maximum atomic E-state index is 12.6. The maximum absolute atomic E-state index is 12.6. The van der Waals surface area contributed by atoms with Crippen LogP contribution < -0.4 is 15.4 Å². The van der Waals surface area contributed by atoms with Crippen molar-refractivity contribution < 1.29 is 38.8 Å². The summed E-state index contributed by atoms with van der Waals surface area (Å²) in [6, 6.07) is 4.67. The third kappa shape index (κ3) is 7.00. The van der Waals surface area contributed by atoms with Crippen LogP contribution in [0.2, 0.25) is 0 Å². The van der Waals surface area contributed by atoms with Crippen molar-refractivity contribution >= 4 is 17.8 Å². The van der Waals surface area contributed by atoms with E-state index in [9.17, 15) is 19.5 Å². The highest BCUT2D eigenvalue weighted by Gasteiger charge is 2.34. The molecule has 1 heterocycles. The molecule has 0 aromatic heterocycles. The van der Waals surface area contributed by atoms with Gasteiger partial charge in [-0.1, -0.05) is 6.07 Å². The van der Waals surface area contributed by atoms with Gasteiger partial charge in [0, 0.05) is 32.9 Å². The Morgan fingerprint density at radius 2 is 2.00 bits per heavy atom. The van der Waals surface area contributed by atoms with Gasteiger partial charge in [-0.05, 0) is 24.7 Å². The second kappa shape index (κ2) is 10.7. The quantitative estimate of drug-likeness (QED) is 0.327. The van der Waals surface area contributed by atoms with Crippen LogP contribution in [0.4, 0.5) is 0 Å². The molecule has 0 saturated carbocycles. The number of carbonyl (C=O) groups is 3. The molecule has 1 aromatic rings. The molecular weight excluding hydrogens is 384 g/mol. The molecule has 1 aliphatic heterocycles. The highest BCUT2D eigenvalue weighted by molar-refractivity contribution is 5.97. The zero-order valence-corrected chi connectivity index (χ0v) is 16.3. The molecule has 1 aliphatic rings. The molecule has 10 nitrogen and oxygen atoms in total. The van der Waals surface area contributed by atoms with Crippen molar-refractivity contribution in [1.82, 2.24) is 10.6 Å². The van der Waals surface area contributed by atoms with Gasteiger partial charge < -0.3 is 35.1 Å². The molecule has 0 aliphatic carbocycles. The number of hydrogen-bond donors (Lipinski definition) is 4. The minimum Gasteiger partial charge on any atom is -0.479 e. The number of amides is 1. The van der Waals surface area contributed by atoms with Crippen LogP contribution in [0.25, 0.3) is 0 Å². The lowest BCUT2D eigenvalue weighted by Crippen LogP contribution is -2.42. The third-order valence-corrected chi connectivity index (χ3v) is 4.19. The van der Waals surface area contributed by atoms with E-state index in [0.29, 0.717) is 18.7 Å². The van der Waals surface area contributed by atoms with Gasteiger partial charge in [0.1, 0.15) is 12.4 Å². The molecule has 1 fully saturated rings. The predicted octanol–water partition coefficient (Wildman–Crippen LogP) is 0.0283. The first-order valence-corrected chi connectivity index (χ1v) is 9.22. The monoisotopic (exact) mass is 410 g/mol. The molecule has 1 saturated heterocycles. The minimum atomic E-state index is -1.20. The first-order chi connectivity index (χ1) is 13.8. The summed E-state index contributed by atoms with van der Waals surface area (Å²) >= 11 is 0. The Balaban J connectivity index is 2.20. The van der Waals surface area contributed by atoms with E-state index in [1.54, 1.807) is 13.1 Å². The van der Waals surface area contributed by atoms with E-state index < -0.39 is 36.3 Å². The van der Waals surface area contributed by atoms with Gasteiger partial charge in [0.15, 0.2) is 6.10 Å². The number of aliphatic carboxylic acids is 1. The van der Waals surface area contributed by atoms with Crippen LogP contribution in [0.5, 0.6) is 5.75 Å². The Bertz CT molecular complexity index is 739. The molecule has 1 aromatic carbocycles. The topological polar surface area (TPSA) is 143 Å². The summed E-state index contributed by atoms with van der Waals surface area (Å²) in [5, 5.41) is 24.7. The van der Waals surface area contributed by atoms with Crippen molar-refractivity contribution in [2.45, 2.75) is 44.9 Å². The van der Waals surface area contributed by atoms with Crippen LogP contribution in [0.1, 0.15) is 35.7 Å². The lowest BCUT2D eigenvalue weighted by atomic mass is 10.0. The van der Waals surface area contributed by atoms with Crippen LogP contribution in [0.3, 0.4) is 0 Å². The number of carboxylic acids is 1. The van der Waals surface area contributed by atoms with Crippen molar-refractivity contribution in [2.75, 3.05) is 20.1 Å². The summed E-state index contributed by atoms with van der Waals surface area (Å²) in [6.07, 6.45) is -3.08. The fourth-order valence-corrected chi connectivity index (χ4v) is 2.76. The van der Waals surface area contributed by atoms with E-state index in [0.717, 1.165) is 0 Å². The number of hydrogen-bond acceptors (Lipinski definition) is 8. The van der Waals surface area contributed by atoms with Crippen LogP contribution >= 0.6 is 0 Å². The average Bonchev–Trinajstić information content (AvgIpc) is 2.66. The van der Waals surface area contributed by atoms with Gasteiger partial charge in [-0.15, -0.1) is 0 Å². The van der Waals surface area contributed by atoms with E-state index in [2.05, 4.69) is 10.6 Å². The number of aliphatic hydroxyl groups is 1. The summed E-state index contributed by atoms with van der Waals surface area (Å²) in [5.74, 6) is -1.89. The molecule has 4 N–H and O–H groups in total. The highest BCUT2D eigenvalue weighted by atomic mass is 16.7. The largest absolute Gasteiger partial charge is 0.479 e. The average molecular weight is 410 g/mol. The van der Waals surface area contributed by atoms with Crippen molar-refractivity contribution in [3.63, 3.8) is 0 Å². The molecule has 29 heavy (non-hydrogen) atoms. The fraction of sp³-hybridized carbons (Fsp3) is 0.526. The van der Waals surface area contributed by atoms with Crippen LogP contribution in [-0.4, -0.2) is 66.7 Å². The van der Waals surface area contributed by atoms with E-state index >= 15 is 0 Å². The summed E-state index contributed by atoms with van der Waals surface area (Å²) < 4.78 is 16.0. The highest BCUT2D eigenvalue weighted by Crippen LogP contribution is 2.27. The maximum Gasteiger partial charge on any atom is 0.333 e. The standard InChI is InChI=1S/C19H26N2O8/c1-11(22)27-10-12-3-4-15(14(7-12)18(24)21-6-5-20-2)28-17-9-13(23)8-16(29-17)19(25)26/h3-4,7,13,16-17,20,23H,5-6,8-10H2,1-2H3,(H,21,24)(H,25,26). The van der Waals surface area contributed by atoms with Crippen molar-refractivity contribution in [3.8, 4) is 5.75 Å². The fourth-order valence-electron chi connectivity index (χ4n) is 2.76. The Morgan fingerprint density at radius 1 is 1.24 bits per heavy atom. The second-order valence-corrected chi connectivity index (χ2v) is 6.61. The van der Waals surface area contributed by atoms with Crippen LogP contribution in [-0.2, 0) is 25.7 Å². The van der Waals surface area contributed by atoms with Crippen molar-refractivity contribution in [2.24, 2.45) is 0 Å². The van der Waals surface area contributed by atoms with Gasteiger partial charge in [0.05, 0.1) is 11.7 Å². The van der Waals surface area contributed by atoms with Gasteiger partial charge in [0.25, 0.3) is 5.91 Å². The summed E-state index contributed by atoms with van der Waals surface area (Å²) in [5.41, 5.74) is 0.764. The normalized spacial score (nSPS) is 21.3. The first-order valence-electron chi connectivity index (χ1n) is 9.22. The number of ether oxygens (including phenoxy) is 3. The molecule has 160 valence electrons. The number of carbonyl (C=O) groups excluding carboxylic acids is 2. The molecule has 1 amide bonds. The SMILES string of the molecule is CNCCNC(=O)c1cc(COC(C)=O)ccc1OC1CC(O)CC(C(=O)O)O1. The Labute approximate surface area is 168 Å². The molecule has 0 bridgehead atoms. The van der Waals surface area contributed by atoms with Gasteiger partial charge in [-0.2, -0.15) is 0 Å². The summed E-state index contributed by atoms with van der Waals surface area (Å²) in [6.45, 7) is 2.22. The van der Waals surface area contributed by atoms with Crippen molar-refractivity contribution in [3.05, 3.63) is 29.3 Å². The predicted molar refractivity (Wildman–Crippen MR) is 100 cm³/mol. The molecule has 2 rings (SSSR count). The van der Waals surface area contributed by atoms with Gasteiger partial charge in [-0.3, -0.25) is 9.59 Å². The minimum absolute atomic E-state index is 0.00780. The van der Waals surface area contributed by atoms with E-state index in [4.69, 9.17) is 19.3 Å². The van der Waals surface area contributed by atoms with Crippen LogP contribution in [0.15, 0.2) is 18.2 Å². The number of rotatable bonds is 9. The third-order valence-electron chi connectivity index (χ3n) is 4.19. The molecule has 3 unspecified atom stereocenters. The molecule has 0 spiro atoms. The molecular formula is C19H26N2O8. The number of carboxylic acid groups (broad SMARTS) is 1. The zero-order valence-electron chi connectivity index (χ0n) is 16.3. The summed E-state index contributed by atoms with van der Waals surface area (Å²) in [4.78, 5) is 34.8. The summed E-state index contributed by atoms with van der Waals surface area (Å²) in [7, 11) is 1.75. The van der Waals surface area contributed by atoms with Gasteiger partial charge in [0.2, 0.25) is 6.29 Å². The Morgan fingerprint density at radius 3 is 2.66 bits per heavy atom. The van der Waals surface area contributed by atoms with E-state index in [-0.39, 0.29) is 30.8 Å². The number of likely N-dealkylation sites (N-methyl/N-ethyl adjacent to an activating group) is 1. The lowest BCUT2D eigenvalue weighted by Gasteiger charge is -2.31. The van der Waals surface area contributed by atoms with Gasteiger partial charge >= 0.3 is 11.9 Å². The second-order valence-electron chi connectivity index (χ2n) is 6.61. The van der Waals surface area contributed by atoms with Crippen molar-refractivity contribution in [1.29, 1.82) is 0 Å². The number of nitrogens with one attached hydrogen (secondary N) is 2. The number of aliphatic hydroxyl groups excluding tert-OH is 1. The van der Waals surface area contributed by atoms with E-state index in [1.807, 2.05) is 0 Å².